The van der Waals surface area contributed by atoms with E-state index in [-0.39, 0.29) is 11.3 Å². The summed E-state index contributed by atoms with van der Waals surface area (Å²) in [6.07, 6.45) is 0. The molecule has 18 heavy (non-hydrogen) atoms. The number of sulfonamides is 1. The van der Waals surface area contributed by atoms with Crippen molar-refractivity contribution in [2.75, 3.05) is 4.72 Å². The van der Waals surface area contributed by atoms with Crippen molar-refractivity contribution in [3.05, 3.63) is 23.8 Å². The van der Waals surface area contributed by atoms with Crippen LogP contribution in [0, 0.1) is 11.3 Å². The molecule has 0 radical (unpaired) electrons. The van der Waals surface area contributed by atoms with Gasteiger partial charge in [-0.1, -0.05) is 0 Å². The molecule has 1 aromatic carbocycles. The first-order valence-electron chi connectivity index (χ1n) is 4.75. The zero-order valence-corrected chi connectivity index (χ0v) is 10.1. The molecule has 0 saturated heterocycles. The van der Waals surface area contributed by atoms with Gasteiger partial charge in [-0.3, -0.25) is 4.72 Å². The molecule has 0 spiro atoms. The Hall–Kier alpha value is -2.27. The molecule has 1 aromatic rings. The third-order valence-electron chi connectivity index (χ3n) is 2.14. The standard InChI is InChI=1S/C10H10N2O5S/c1-6(5-11)18(16,17)12-8-4-7(10(14)15)2-3-9(8)13/h2-4,6,12-13H,1H3,(H,14,15). The first kappa shape index (κ1) is 13.8. The maximum absolute atomic E-state index is 11.6. The van der Waals surface area contributed by atoms with Crippen LogP contribution >= 0.6 is 0 Å². The Balaban J connectivity index is 3.16. The van der Waals surface area contributed by atoms with E-state index in [9.17, 15) is 18.3 Å². The lowest BCUT2D eigenvalue weighted by atomic mass is 10.2. The predicted molar refractivity (Wildman–Crippen MR) is 62.7 cm³/mol. The van der Waals surface area contributed by atoms with Crippen molar-refractivity contribution >= 4 is 21.7 Å². The SMILES string of the molecule is CC(C#N)S(=O)(=O)Nc1cc(C(=O)O)ccc1O. The Kier molecular flexibility index (Phi) is 3.78. The first-order valence-corrected chi connectivity index (χ1v) is 6.30. The van der Waals surface area contributed by atoms with E-state index in [0.29, 0.717) is 0 Å². The van der Waals surface area contributed by atoms with Crippen molar-refractivity contribution in [3.63, 3.8) is 0 Å². The number of aromatic hydroxyl groups is 1. The molecule has 1 unspecified atom stereocenters. The quantitative estimate of drug-likeness (QED) is 0.692. The van der Waals surface area contributed by atoms with E-state index in [1.165, 1.54) is 13.0 Å². The highest BCUT2D eigenvalue weighted by Gasteiger charge is 2.21. The number of hydrogen-bond donors (Lipinski definition) is 3. The monoisotopic (exact) mass is 270 g/mol. The van der Waals surface area contributed by atoms with Gasteiger partial charge in [-0.05, 0) is 25.1 Å². The minimum Gasteiger partial charge on any atom is -0.506 e. The van der Waals surface area contributed by atoms with Crippen LogP contribution in [-0.4, -0.2) is 29.9 Å². The number of aromatic carboxylic acids is 1. The Morgan fingerprint density at radius 3 is 2.61 bits per heavy atom. The number of nitrogens with zero attached hydrogens (tertiary/aromatic N) is 1. The van der Waals surface area contributed by atoms with Crippen molar-refractivity contribution in [1.29, 1.82) is 5.26 Å². The Morgan fingerprint density at radius 1 is 1.50 bits per heavy atom. The number of benzene rings is 1. The highest BCUT2D eigenvalue weighted by Crippen LogP contribution is 2.26. The Labute approximate surface area is 103 Å². The highest BCUT2D eigenvalue weighted by molar-refractivity contribution is 7.93. The van der Waals surface area contributed by atoms with Crippen molar-refractivity contribution in [2.24, 2.45) is 0 Å². The molecule has 8 heteroatoms. The summed E-state index contributed by atoms with van der Waals surface area (Å²) in [5.41, 5.74) is -0.466. The lowest BCUT2D eigenvalue weighted by Gasteiger charge is -2.11. The van der Waals surface area contributed by atoms with Gasteiger partial charge in [0.05, 0.1) is 17.3 Å². The second kappa shape index (κ2) is 4.93. The number of carboxylic acid groups (broad SMARTS) is 1. The van der Waals surface area contributed by atoms with Gasteiger partial charge in [0.2, 0.25) is 10.0 Å². The highest BCUT2D eigenvalue weighted by atomic mass is 32.2. The van der Waals surface area contributed by atoms with Crippen molar-refractivity contribution in [3.8, 4) is 11.8 Å². The Bertz CT molecular complexity index is 618. The van der Waals surface area contributed by atoms with E-state index in [1.807, 2.05) is 4.72 Å². The number of carbonyl (C=O) groups is 1. The topological polar surface area (TPSA) is 127 Å². The molecule has 0 bridgehead atoms. The number of carboxylic acids is 1. The number of anilines is 1. The van der Waals surface area contributed by atoms with Crippen molar-refractivity contribution in [1.82, 2.24) is 0 Å². The van der Waals surface area contributed by atoms with Crippen LogP contribution < -0.4 is 4.72 Å². The van der Waals surface area contributed by atoms with E-state index >= 15 is 0 Å². The molecule has 0 amide bonds. The number of hydrogen-bond acceptors (Lipinski definition) is 5. The summed E-state index contributed by atoms with van der Waals surface area (Å²) in [5, 5.41) is 25.4. The molecule has 0 aliphatic carbocycles. The van der Waals surface area contributed by atoms with Gasteiger partial charge in [-0.2, -0.15) is 5.26 Å². The molecule has 7 nitrogen and oxygen atoms in total. The first-order chi connectivity index (χ1) is 8.27. The summed E-state index contributed by atoms with van der Waals surface area (Å²) in [6.45, 7) is 1.17. The average Bonchev–Trinajstić information content (AvgIpc) is 2.30. The van der Waals surface area contributed by atoms with Crippen molar-refractivity contribution in [2.45, 2.75) is 12.2 Å². The minimum absolute atomic E-state index is 0.185. The van der Waals surface area contributed by atoms with Crippen LogP contribution in [0.1, 0.15) is 17.3 Å². The largest absolute Gasteiger partial charge is 0.506 e. The van der Waals surface area contributed by atoms with Gasteiger partial charge in [0, 0.05) is 0 Å². The van der Waals surface area contributed by atoms with Gasteiger partial charge in [0.15, 0.2) is 5.25 Å². The molecule has 0 fully saturated rings. The van der Waals surface area contributed by atoms with Gasteiger partial charge in [0.1, 0.15) is 5.75 Å². The normalized spacial score (nSPS) is 12.4. The number of phenols is 1. The summed E-state index contributed by atoms with van der Waals surface area (Å²) in [6, 6.07) is 4.69. The van der Waals surface area contributed by atoms with E-state index in [1.54, 1.807) is 0 Å². The number of nitrogens with one attached hydrogen (secondary N) is 1. The van der Waals surface area contributed by atoms with Crippen LogP contribution in [0.25, 0.3) is 0 Å². The van der Waals surface area contributed by atoms with E-state index < -0.39 is 27.0 Å². The van der Waals surface area contributed by atoms with Crippen molar-refractivity contribution < 1.29 is 23.4 Å². The molecule has 0 saturated carbocycles. The molecule has 1 atom stereocenters. The zero-order chi connectivity index (χ0) is 13.9. The van der Waals surface area contributed by atoms with Crippen LogP contribution in [0.3, 0.4) is 0 Å². The fraction of sp³-hybridized carbons (Fsp3) is 0.200. The summed E-state index contributed by atoms with van der Waals surface area (Å²) < 4.78 is 25.1. The molecule has 0 aliphatic rings. The lowest BCUT2D eigenvalue weighted by Crippen LogP contribution is -2.24. The van der Waals surface area contributed by atoms with Gasteiger partial charge in [0.25, 0.3) is 0 Å². The predicted octanol–water partition coefficient (Wildman–Crippen LogP) is 0.744. The molecule has 0 heterocycles. The summed E-state index contributed by atoms with van der Waals surface area (Å²) in [4.78, 5) is 10.7. The summed E-state index contributed by atoms with van der Waals surface area (Å²) in [7, 11) is -3.99. The molecule has 3 N–H and O–H groups in total. The van der Waals surface area contributed by atoms with Crippen LogP contribution in [-0.2, 0) is 10.0 Å². The molecular weight excluding hydrogens is 260 g/mol. The smallest absolute Gasteiger partial charge is 0.335 e. The summed E-state index contributed by atoms with van der Waals surface area (Å²) in [5.74, 6) is -1.68. The second-order valence-corrected chi connectivity index (χ2v) is 5.46. The van der Waals surface area contributed by atoms with Gasteiger partial charge in [-0.25, -0.2) is 13.2 Å². The van der Waals surface area contributed by atoms with Gasteiger partial charge < -0.3 is 10.2 Å². The van der Waals surface area contributed by atoms with Gasteiger partial charge in [-0.15, -0.1) is 0 Å². The Morgan fingerprint density at radius 2 is 2.11 bits per heavy atom. The molecule has 96 valence electrons. The fourth-order valence-corrected chi connectivity index (χ4v) is 1.85. The third-order valence-corrected chi connectivity index (χ3v) is 3.68. The fourth-order valence-electron chi connectivity index (χ4n) is 1.06. The third kappa shape index (κ3) is 2.89. The minimum atomic E-state index is -3.99. The van der Waals surface area contributed by atoms with Crippen LogP contribution in [0.15, 0.2) is 18.2 Å². The average molecular weight is 270 g/mol. The second-order valence-electron chi connectivity index (χ2n) is 3.46. The van der Waals surface area contributed by atoms with Gasteiger partial charge >= 0.3 is 5.97 Å². The number of phenolic OH excluding ortho intramolecular Hbond substituents is 1. The van der Waals surface area contributed by atoms with E-state index in [2.05, 4.69) is 0 Å². The molecule has 0 aromatic heterocycles. The van der Waals surface area contributed by atoms with Crippen LogP contribution in [0.4, 0.5) is 5.69 Å². The van der Waals surface area contributed by atoms with Crippen LogP contribution in [0.2, 0.25) is 0 Å². The molecule has 1 rings (SSSR count). The van der Waals surface area contributed by atoms with Crippen LogP contribution in [0.5, 0.6) is 5.75 Å². The molecular formula is C10H10N2O5S. The number of rotatable bonds is 4. The maximum atomic E-state index is 11.6. The maximum Gasteiger partial charge on any atom is 0.335 e. The molecule has 0 aliphatic heterocycles. The zero-order valence-electron chi connectivity index (χ0n) is 9.28. The van der Waals surface area contributed by atoms with E-state index in [4.69, 9.17) is 10.4 Å². The summed E-state index contributed by atoms with van der Waals surface area (Å²) >= 11 is 0. The lowest BCUT2D eigenvalue weighted by molar-refractivity contribution is 0.0697. The number of nitriles is 1. The van der Waals surface area contributed by atoms with E-state index in [0.717, 1.165) is 18.2 Å².